The smallest absolute Gasteiger partial charge is 0.0794 e. The normalized spacial score (nSPS) is 36.2. The first-order valence-electron chi connectivity index (χ1n) is 6.84. The van der Waals surface area contributed by atoms with Gasteiger partial charge >= 0.3 is 0 Å². The standard InChI is InChI=1S/C13H23NO2/c15-12-9-14(10-12)11-4-7-16-13(8-11)5-2-1-3-6-13/h11-12,15H,1-10H2. The molecule has 3 nitrogen and oxygen atoms in total. The van der Waals surface area contributed by atoms with E-state index in [0.29, 0.717) is 6.04 Å². The lowest BCUT2D eigenvalue weighted by atomic mass is 9.77. The molecule has 2 heterocycles. The zero-order valence-corrected chi connectivity index (χ0v) is 10.0. The van der Waals surface area contributed by atoms with Crippen molar-refractivity contribution in [3.05, 3.63) is 0 Å². The number of likely N-dealkylation sites (tertiary alicyclic amines) is 1. The van der Waals surface area contributed by atoms with Gasteiger partial charge in [0.1, 0.15) is 0 Å². The van der Waals surface area contributed by atoms with E-state index in [0.717, 1.165) is 26.1 Å². The predicted octanol–water partition coefficient (Wildman–Crippen LogP) is 1.54. The molecule has 2 saturated heterocycles. The van der Waals surface area contributed by atoms with Crippen molar-refractivity contribution in [1.82, 2.24) is 4.90 Å². The van der Waals surface area contributed by atoms with Crippen molar-refractivity contribution in [1.29, 1.82) is 0 Å². The molecule has 0 radical (unpaired) electrons. The summed E-state index contributed by atoms with van der Waals surface area (Å²) >= 11 is 0. The fourth-order valence-electron chi connectivity index (χ4n) is 3.64. The molecule has 3 rings (SSSR count). The molecule has 3 heteroatoms. The second-order valence-corrected chi connectivity index (χ2v) is 5.85. The van der Waals surface area contributed by atoms with Crippen LogP contribution in [-0.2, 0) is 4.74 Å². The zero-order valence-electron chi connectivity index (χ0n) is 10.0. The Bertz CT molecular complexity index is 239. The van der Waals surface area contributed by atoms with Crippen LogP contribution in [0.2, 0.25) is 0 Å². The van der Waals surface area contributed by atoms with E-state index in [9.17, 15) is 5.11 Å². The van der Waals surface area contributed by atoms with Gasteiger partial charge in [0, 0.05) is 25.7 Å². The molecule has 1 aliphatic carbocycles. The van der Waals surface area contributed by atoms with Gasteiger partial charge in [0.15, 0.2) is 0 Å². The highest BCUT2D eigenvalue weighted by Crippen LogP contribution is 2.40. The van der Waals surface area contributed by atoms with Gasteiger partial charge in [0.2, 0.25) is 0 Å². The van der Waals surface area contributed by atoms with E-state index < -0.39 is 0 Å². The molecule has 3 aliphatic rings. The molecule has 16 heavy (non-hydrogen) atoms. The molecule has 3 fully saturated rings. The van der Waals surface area contributed by atoms with E-state index in [-0.39, 0.29) is 11.7 Å². The van der Waals surface area contributed by atoms with E-state index >= 15 is 0 Å². The van der Waals surface area contributed by atoms with E-state index in [1.54, 1.807) is 0 Å². The molecule has 1 N–H and O–H groups in total. The van der Waals surface area contributed by atoms with E-state index in [2.05, 4.69) is 4.90 Å². The van der Waals surface area contributed by atoms with Crippen molar-refractivity contribution in [3.8, 4) is 0 Å². The molecule has 0 bridgehead atoms. The van der Waals surface area contributed by atoms with Gasteiger partial charge in [-0.15, -0.1) is 0 Å². The fraction of sp³-hybridized carbons (Fsp3) is 1.00. The maximum Gasteiger partial charge on any atom is 0.0794 e. The van der Waals surface area contributed by atoms with Gasteiger partial charge in [-0.2, -0.15) is 0 Å². The summed E-state index contributed by atoms with van der Waals surface area (Å²) in [6.07, 6.45) is 8.90. The Hall–Kier alpha value is -0.120. The minimum absolute atomic E-state index is 0.0647. The molecule has 0 amide bonds. The molecule has 1 unspecified atom stereocenters. The Labute approximate surface area is 97.8 Å². The first-order valence-corrected chi connectivity index (χ1v) is 6.84. The summed E-state index contributed by atoms with van der Waals surface area (Å²) in [5.74, 6) is 0. The molecule has 1 saturated carbocycles. The van der Waals surface area contributed by atoms with Crippen LogP contribution in [0, 0.1) is 0 Å². The Balaban J connectivity index is 1.60. The van der Waals surface area contributed by atoms with Gasteiger partial charge in [0.25, 0.3) is 0 Å². The number of aliphatic hydroxyl groups excluding tert-OH is 1. The molecular formula is C13H23NO2. The molecule has 1 atom stereocenters. The number of rotatable bonds is 1. The number of β-amino-alcohol motifs (C(OH)–C–C–N with tert-alkyl or cyclic N) is 1. The second-order valence-electron chi connectivity index (χ2n) is 5.85. The highest BCUT2D eigenvalue weighted by Gasteiger charge is 2.42. The van der Waals surface area contributed by atoms with Gasteiger partial charge in [-0.05, 0) is 25.7 Å². The van der Waals surface area contributed by atoms with Crippen LogP contribution in [0.15, 0.2) is 0 Å². The highest BCUT2D eigenvalue weighted by atomic mass is 16.5. The Kier molecular flexibility index (Phi) is 2.94. The topological polar surface area (TPSA) is 32.7 Å². The average Bonchev–Trinajstić information content (AvgIpc) is 2.26. The van der Waals surface area contributed by atoms with Crippen molar-refractivity contribution < 1.29 is 9.84 Å². The van der Waals surface area contributed by atoms with Gasteiger partial charge in [-0.1, -0.05) is 19.3 Å². The Morgan fingerprint density at radius 2 is 1.88 bits per heavy atom. The first-order chi connectivity index (χ1) is 7.77. The van der Waals surface area contributed by atoms with Crippen LogP contribution >= 0.6 is 0 Å². The third-order valence-corrected chi connectivity index (χ3v) is 4.64. The molecule has 0 aromatic rings. The van der Waals surface area contributed by atoms with Crippen LogP contribution in [0.4, 0.5) is 0 Å². The lowest BCUT2D eigenvalue weighted by Crippen LogP contribution is -2.59. The lowest BCUT2D eigenvalue weighted by molar-refractivity contribution is -0.142. The Morgan fingerprint density at radius 3 is 2.56 bits per heavy atom. The minimum Gasteiger partial charge on any atom is -0.390 e. The maximum atomic E-state index is 9.38. The summed E-state index contributed by atoms with van der Waals surface area (Å²) in [4.78, 5) is 2.45. The molecule has 0 aromatic carbocycles. The minimum atomic E-state index is -0.0647. The molecule has 1 spiro atoms. The summed E-state index contributed by atoms with van der Waals surface area (Å²) in [5.41, 5.74) is 0.210. The number of ether oxygens (including phenoxy) is 1. The predicted molar refractivity (Wildman–Crippen MR) is 62.4 cm³/mol. The number of hydrogen-bond acceptors (Lipinski definition) is 3. The molecular weight excluding hydrogens is 202 g/mol. The second kappa shape index (κ2) is 4.28. The Morgan fingerprint density at radius 1 is 1.12 bits per heavy atom. The van der Waals surface area contributed by atoms with Crippen molar-refractivity contribution >= 4 is 0 Å². The molecule has 0 aromatic heterocycles. The van der Waals surface area contributed by atoms with Gasteiger partial charge in [0.05, 0.1) is 11.7 Å². The SMILES string of the molecule is OC1CN(C2CCOC3(CCCCC3)C2)C1. The van der Waals surface area contributed by atoms with E-state index in [1.807, 2.05) is 0 Å². The summed E-state index contributed by atoms with van der Waals surface area (Å²) in [6.45, 7) is 2.71. The van der Waals surface area contributed by atoms with Gasteiger partial charge in [-0.25, -0.2) is 0 Å². The summed E-state index contributed by atoms with van der Waals surface area (Å²) in [6, 6.07) is 0.676. The zero-order chi connectivity index (χ0) is 11.0. The van der Waals surface area contributed by atoms with Crippen LogP contribution in [0.5, 0.6) is 0 Å². The average molecular weight is 225 g/mol. The van der Waals surface area contributed by atoms with E-state index in [4.69, 9.17) is 4.74 Å². The van der Waals surface area contributed by atoms with Crippen LogP contribution in [0.1, 0.15) is 44.9 Å². The summed E-state index contributed by atoms with van der Waals surface area (Å²) in [5, 5.41) is 9.38. The number of hydrogen-bond donors (Lipinski definition) is 1. The number of nitrogens with zero attached hydrogens (tertiary/aromatic N) is 1. The van der Waals surface area contributed by atoms with Gasteiger partial charge in [-0.3, -0.25) is 4.90 Å². The quantitative estimate of drug-likeness (QED) is 0.735. The lowest BCUT2D eigenvalue weighted by Gasteiger charge is -2.50. The van der Waals surface area contributed by atoms with Crippen molar-refractivity contribution in [2.24, 2.45) is 0 Å². The third kappa shape index (κ3) is 2.01. The van der Waals surface area contributed by atoms with Crippen LogP contribution < -0.4 is 0 Å². The van der Waals surface area contributed by atoms with Crippen LogP contribution in [0.25, 0.3) is 0 Å². The van der Waals surface area contributed by atoms with Crippen molar-refractivity contribution in [2.75, 3.05) is 19.7 Å². The molecule has 92 valence electrons. The largest absolute Gasteiger partial charge is 0.390 e. The number of aliphatic hydroxyl groups is 1. The molecule has 2 aliphatic heterocycles. The summed E-state index contributed by atoms with van der Waals surface area (Å²) < 4.78 is 6.09. The van der Waals surface area contributed by atoms with Gasteiger partial charge < -0.3 is 9.84 Å². The van der Waals surface area contributed by atoms with Crippen LogP contribution in [0.3, 0.4) is 0 Å². The highest BCUT2D eigenvalue weighted by molar-refractivity contribution is 4.95. The monoisotopic (exact) mass is 225 g/mol. The first kappa shape index (κ1) is 11.0. The third-order valence-electron chi connectivity index (χ3n) is 4.64. The summed E-state index contributed by atoms with van der Waals surface area (Å²) in [7, 11) is 0. The van der Waals surface area contributed by atoms with E-state index in [1.165, 1.54) is 38.5 Å². The van der Waals surface area contributed by atoms with Crippen molar-refractivity contribution in [3.63, 3.8) is 0 Å². The maximum absolute atomic E-state index is 9.38. The van der Waals surface area contributed by atoms with Crippen molar-refractivity contribution in [2.45, 2.75) is 62.7 Å². The van der Waals surface area contributed by atoms with Crippen LogP contribution in [-0.4, -0.2) is 47.4 Å². The fourth-order valence-corrected chi connectivity index (χ4v) is 3.64.